The van der Waals surface area contributed by atoms with Crippen LogP contribution in [-0.2, 0) is 4.79 Å². The number of hydrogen-bond acceptors (Lipinski definition) is 2. The Morgan fingerprint density at radius 3 is 2.53 bits per heavy atom. The van der Waals surface area contributed by atoms with Gasteiger partial charge in [-0.25, -0.2) is 0 Å². The number of benzene rings is 1. The van der Waals surface area contributed by atoms with Gasteiger partial charge in [0.1, 0.15) is 0 Å². The summed E-state index contributed by atoms with van der Waals surface area (Å²) >= 11 is 0. The number of carbonyl (C=O) groups is 1. The number of anilines is 1. The molecule has 0 radical (unpaired) electrons. The minimum Gasteiger partial charge on any atom is -0.320 e. The molecule has 2 N–H and O–H groups in total. The average molecular weight is 234 g/mol. The second kappa shape index (κ2) is 7.07. The van der Waals surface area contributed by atoms with Crippen LogP contribution in [0.2, 0.25) is 0 Å². The lowest BCUT2D eigenvalue weighted by Gasteiger charge is -2.21. The predicted octanol–water partition coefficient (Wildman–Crippen LogP) is 2.56. The number of unbranched alkanes of at least 4 members (excludes halogenated alkanes) is 2. The van der Waals surface area contributed by atoms with Crippen LogP contribution in [0, 0.1) is 0 Å². The van der Waals surface area contributed by atoms with E-state index in [0.29, 0.717) is 0 Å². The summed E-state index contributed by atoms with van der Waals surface area (Å²) in [7, 11) is 1.78. The highest BCUT2D eigenvalue weighted by Crippen LogP contribution is 2.13. The molecule has 1 aromatic carbocycles. The summed E-state index contributed by atoms with van der Waals surface area (Å²) in [4.78, 5) is 13.7. The molecule has 0 saturated heterocycles. The molecule has 1 unspecified atom stereocenters. The van der Waals surface area contributed by atoms with Gasteiger partial charge in [-0.3, -0.25) is 4.79 Å². The Morgan fingerprint density at radius 2 is 1.94 bits per heavy atom. The zero-order chi connectivity index (χ0) is 12.7. The second-order valence-electron chi connectivity index (χ2n) is 4.34. The summed E-state index contributed by atoms with van der Waals surface area (Å²) < 4.78 is 0. The quantitative estimate of drug-likeness (QED) is 0.769. The Hall–Kier alpha value is -1.35. The van der Waals surface area contributed by atoms with Gasteiger partial charge in [0, 0.05) is 12.7 Å². The Morgan fingerprint density at radius 1 is 1.29 bits per heavy atom. The Balaban J connectivity index is 2.51. The zero-order valence-electron chi connectivity index (χ0n) is 10.7. The van der Waals surface area contributed by atoms with Crippen LogP contribution in [0.1, 0.15) is 32.6 Å². The fourth-order valence-electron chi connectivity index (χ4n) is 1.77. The molecule has 0 fully saturated rings. The van der Waals surface area contributed by atoms with Crippen molar-refractivity contribution in [1.29, 1.82) is 0 Å². The van der Waals surface area contributed by atoms with Gasteiger partial charge >= 0.3 is 0 Å². The fraction of sp³-hybridized carbons (Fsp3) is 0.500. The second-order valence-corrected chi connectivity index (χ2v) is 4.34. The number of nitrogens with two attached hydrogens (primary N) is 1. The summed E-state index contributed by atoms with van der Waals surface area (Å²) in [6.07, 6.45) is 4.07. The smallest absolute Gasteiger partial charge is 0.243 e. The van der Waals surface area contributed by atoms with Crippen molar-refractivity contribution in [3.8, 4) is 0 Å². The van der Waals surface area contributed by atoms with Crippen LogP contribution in [0.3, 0.4) is 0 Å². The molecule has 0 aromatic heterocycles. The van der Waals surface area contributed by atoms with Gasteiger partial charge in [0.25, 0.3) is 0 Å². The van der Waals surface area contributed by atoms with Crippen LogP contribution >= 0.6 is 0 Å². The van der Waals surface area contributed by atoms with Gasteiger partial charge in [-0.05, 0) is 18.6 Å². The van der Waals surface area contributed by atoms with Crippen molar-refractivity contribution in [2.75, 3.05) is 11.9 Å². The minimum absolute atomic E-state index is 0.00713. The summed E-state index contributed by atoms with van der Waals surface area (Å²) in [5.74, 6) is -0.00713. The van der Waals surface area contributed by atoms with Gasteiger partial charge in [0.2, 0.25) is 5.91 Å². The molecule has 0 aliphatic heterocycles. The lowest BCUT2D eigenvalue weighted by molar-refractivity contribution is -0.119. The summed E-state index contributed by atoms with van der Waals surface area (Å²) in [5.41, 5.74) is 6.80. The van der Waals surface area contributed by atoms with Crippen LogP contribution in [0.5, 0.6) is 0 Å². The van der Waals surface area contributed by atoms with E-state index >= 15 is 0 Å². The summed E-state index contributed by atoms with van der Waals surface area (Å²) in [6.45, 7) is 2.14. The monoisotopic (exact) mass is 234 g/mol. The van der Waals surface area contributed by atoms with E-state index in [-0.39, 0.29) is 11.9 Å². The highest BCUT2D eigenvalue weighted by Gasteiger charge is 2.18. The maximum atomic E-state index is 12.0. The van der Waals surface area contributed by atoms with E-state index in [2.05, 4.69) is 6.92 Å². The maximum absolute atomic E-state index is 12.0. The Labute approximate surface area is 104 Å². The van der Waals surface area contributed by atoms with Gasteiger partial charge in [0.05, 0.1) is 6.04 Å². The molecule has 1 amide bonds. The van der Waals surface area contributed by atoms with Gasteiger partial charge in [-0.15, -0.1) is 0 Å². The van der Waals surface area contributed by atoms with Crippen molar-refractivity contribution < 1.29 is 4.79 Å². The van der Waals surface area contributed by atoms with Crippen molar-refractivity contribution in [3.63, 3.8) is 0 Å². The van der Waals surface area contributed by atoms with Crippen LogP contribution < -0.4 is 10.6 Å². The molecule has 0 heterocycles. The molecule has 0 aliphatic carbocycles. The molecule has 0 spiro atoms. The third-order valence-corrected chi connectivity index (χ3v) is 2.91. The van der Waals surface area contributed by atoms with Crippen LogP contribution in [-0.4, -0.2) is 19.0 Å². The number of carbonyl (C=O) groups excluding carboxylic acids is 1. The molecule has 0 bridgehead atoms. The molecule has 3 nitrogen and oxygen atoms in total. The van der Waals surface area contributed by atoms with Crippen molar-refractivity contribution in [1.82, 2.24) is 0 Å². The van der Waals surface area contributed by atoms with Gasteiger partial charge in [-0.1, -0.05) is 44.4 Å². The van der Waals surface area contributed by atoms with Crippen molar-refractivity contribution in [2.45, 2.75) is 38.6 Å². The molecule has 1 atom stereocenters. The first kappa shape index (κ1) is 13.7. The Kier molecular flexibility index (Phi) is 5.70. The summed E-state index contributed by atoms with van der Waals surface area (Å²) in [6, 6.07) is 9.21. The molecular formula is C14H22N2O. The van der Waals surface area contributed by atoms with E-state index < -0.39 is 0 Å². The molecule has 1 aromatic rings. The maximum Gasteiger partial charge on any atom is 0.243 e. The molecule has 94 valence electrons. The molecule has 1 rings (SSSR count). The van der Waals surface area contributed by atoms with E-state index in [0.717, 1.165) is 31.4 Å². The average Bonchev–Trinajstić information content (AvgIpc) is 2.38. The normalized spacial score (nSPS) is 12.2. The first-order valence-corrected chi connectivity index (χ1v) is 6.25. The Bertz CT molecular complexity index is 337. The van der Waals surface area contributed by atoms with E-state index in [1.165, 1.54) is 0 Å². The predicted molar refractivity (Wildman–Crippen MR) is 72.0 cm³/mol. The SMILES string of the molecule is CCCCCC(N)C(=O)N(C)c1ccccc1. The first-order valence-electron chi connectivity index (χ1n) is 6.25. The van der Waals surface area contributed by atoms with Crippen LogP contribution in [0.25, 0.3) is 0 Å². The third-order valence-electron chi connectivity index (χ3n) is 2.91. The van der Waals surface area contributed by atoms with Crippen molar-refractivity contribution in [3.05, 3.63) is 30.3 Å². The topological polar surface area (TPSA) is 46.3 Å². The number of nitrogens with zero attached hydrogens (tertiary/aromatic N) is 1. The number of likely N-dealkylation sites (N-methyl/N-ethyl adjacent to an activating group) is 1. The molecule has 0 aliphatic rings. The standard InChI is InChI=1S/C14H22N2O/c1-3-4-6-11-13(15)14(17)16(2)12-9-7-5-8-10-12/h5,7-10,13H,3-4,6,11,15H2,1-2H3. The number of rotatable bonds is 6. The molecule has 17 heavy (non-hydrogen) atoms. The lowest BCUT2D eigenvalue weighted by atomic mass is 10.1. The van der Waals surface area contributed by atoms with Crippen molar-refractivity contribution in [2.24, 2.45) is 5.73 Å². The number of para-hydroxylation sites is 1. The molecule has 0 saturated carbocycles. The highest BCUT2D eigenvalue weighted by molar-refractivity contribution is 5.96. The first-order chi connectivity index (χ1) is 8.16. The summed E-state index contributed by atoms with van der Waals surface area (Å²) in [5, 5.41) is 0. The number of amides is 1. The zero-order valence-corrected chi connectivity index (χ0v) is 10.7. The minimum atomic E-state index is -0.383. The van der Waals surface area contributed by atoms with E-state index in [9.17, 15) is 4.79 Å². The van der Waals surface area contributed by atoms with E-state index in [1.807, 2.05) is 30.3 Å². The van der Waals surface area contributed by atoms with E-state index in [4.69, 9.17) is 5.73 Å². The molecular weight excluding hydrogens is 212 g/mol. The van der Waals surface area contributed by atoms with Crippen LogP contribution in [0.4, 0.5) is 5.69 Å². The third kappa shape index (κ3) is 4.19. The fourth-order valence-corrected chi connectivity index (χ4v) is 1.77. The van der Waals surface area contributed by atoms with Crippen molar-refractivity contribution >= 4 is 11.6 Å². The van der Waals surface area contributed by atoms with Gasteiger partial charge in [-0.2, -0.15) is 0 Å². The van der Waals surface area contributed by atoms with Crippen LogP contribution in [0.15, 0.2) is 30.3 Å². The lowest BCUT2D eigenvalue weighted by Crippen LogP contribution is -2.41. The largest absolute Gasteiger partial charge is 0.320 e. The highest BCUT2D eigenvalue weighted by atomic mass is 16.2. The van der Waals surface area contributed by atoms with Gasteiger partial charge < -0.3 is 10.6 Å². The van der Waals surface area contributed by atoms with Gasteiger partial charge in [0.15, 0.2) is 0 Å². The number of hydrogen-bond donors (Lipinski definition) is 1. The van der Waals surface area contributed by atoms with E-state index in [1.54, 1.807) is 11.9 Å². The molecule has 3 heteroatoms.